The normalized spacial score (nSPS) is 10.8. The third-order valence-electron chi connectivity index (χ3n) is 4.22. The van der Waals surface area contributed by atoms with Crippen LogP contribution in [0.5, 0.6) is 11.5 Å². The van der Waals surface area contributed by atoms with Crippen molar-refractivity contribution < 1.29 is 19.0 Å². The molecule has 2 aromatic heterocycles. The zero-order chi connectivity index (χ0) is 18.8. The molecule has 3 aromatic rings. The van der Waals surface area contributed by atoms with Crippen molar-refractivity contribution in [2.24, 2.45) is 0 Å². The highest BCUT2D eigenvalue weighted by Gasteiger charge is 2.22. The summed E-state index contributed by atoms with van der Waals surface area (Å²) in [6.45, 7) is 3.77. The van der Waals surface area contributed by atoms with Crippen LogP contribution in [-0.2, 0) is 11.2 Å². The minimum absolute atomic E-state index is 0.143. The Morgan fingerprint density at radius 2 is 1.85 bits per heavy atom. The summed E-state index contributed by atoms with van der Waals surface area (Å²) in [7, 11) is 4.49. The van der Waals surface area contributed by atoms with Gasteiger partial charge in [-0.2, -0.15) is 5.10 Å². The largest absolute Gasteiger partial charge is 0.493 e. The molecule has 0 aliphatic rings. The zero-order valence-electron chi connectivity index (χ0n) is 15.4. The number of esters is 1. The van der Waals surface area contributed by atoms with Gasteiger partial charge in [0, 0.05) is 0 Å². The number of carbonyl (C=O) groups is 1. The van der Waals surface area contributed by atoms with Crippen LogP contribution >= 0.6 is 0 Å². The Hall–Kier alpha value is -3.16. The number of hydrogen-bond acceptors (Lipinski definition) is 7. The number of fused-ring (bicyclic) bond motifs is 1. The van der Waals surface area contributed by atoms with E-state index in [0.717, 1.165) is 16.8 Å². The van der Waals surface area contributed by atoms with Crippen LogP contribution in [0.4, 0.5) is 0 Å². The highest BCUT2D eigenvalue weighted by Crippen LogP contribution is 2.35. The number of rotatable bonds is 5. The molecule has 136 valence electrons. The maximum absolute atomic E-state index is 11.9. The molecule has 0 aliphatic carbocycles. The molecular weight excluding hydrogens is 336 g/mol. The van der Waals surface area contributed by atoms with Gasteiger partial charge in [-0.25, -0.2) is 9.31 Å². The second kappa shape index (κ2) is 6.99. The monoisotopic (exact) mass is 356 g/mol. The molecule has 2 heterocycles. The molecule has 0 unspecified atom stereocenters. The molecule has 0 saturated heterocycles. The molecule has 0 radical (unpaired) electrons. The van der Waals surface area contributed by atoms with E-state index >= 15 is 0 Å². The predicted molar refractivity (Wildman–Crippen MR) is 94.8 cm³/mol. The lowest BCUT2D eigenvalue weighted by Crippen LogP contribution is -2.12. The fraction of sp³-hybridized carbons (Fsp3) is 0.333. The van der Waals surface area contributed by atoms with Crippen LogP contribution in [0.25, 0.3) is 16.8 Å². The van der Waals surface area contributed by atoms with Crippen molar-refractivity contribution in [3.8, 4) is 22.6 Å². The number of aryl methyl sites for hydroxylation is 2. The van der Waals surface area contributed by atoms with Gasteiger partial charge in [0.15, 0.2) is 22.8 Å². The summed E-state index contributed by atoms with van der Waals surface area (Å²) < 4.78 is 17.1. The lowest BCUT2D eigenvalue weighted by molar-refractivity contribution is 0.0590. The van der Waals surface area contributed by atoms with E-state index in [4.69, 9.17) is 14.2 Å². The predicted octanol–water partition coefficient (Wildman–Crippen LogP) is 2.47. The quantitative estimate of drug-likeness (QED) is 0.649. The molecule has 26 heavy (non-hydrogen) atoms. The van der Waals surface area contributed by atoms with Gasteiger partial charge in [0.1, 0.15) is 0 Å². The summed E-state index contributed by atoms with van der Waals surface area (Å²) in [5.74, 6) is 0.710. The highest BCUT2D eigenvalue weighted by atomic mass is 16.5. The molecule has 0 saturated carbocycles. The minimum atomic E-state index is -0.543. The van der Waals surface area contributed by atoms with E-state index in [-0.39, 0.29) is 5.69 Å². The average Bonchev–Trinajstić information content (AvgIpc) is 3.06. The van der Waals surface area contributed by atoms with E-state index < -0.39 is 5.97 Å². The smallest absolute Gasteiger partial charge is 0.360 e. The van der Waals surface area contributed by atoms with Crippen LogP contribution in [0.3, 0.4) is 0 Å². The molecule has 0 aliphatic heterocycles. The number of ether oxygens (including phenoxy) is 3. The maximum Gasteiger partial charge on any atom is 0.360 e. The molecule has 0 bridgehead atoms. The standard InChI is InChI=1S/C18H20N4O4/c1-6-12-15(11-7-8-13(24-3)14(9-11)25-4)17-20-19-16(18(23)26-5)10(2)22(17)21-12/h7-9H,6H2,1-5H3. The third-order valence-corrected chi connectivity index (χ3v) is 4.22. The van der Waals surface area contributed by atoms with E-state index in [1.807, 2.05) is 25.1 Å². The van der Waals surface area contributed by atoms with E-state index in [1.165, 1.54) is 7.11 Å². The van der Waals surface area contributed by atoms with Gasteiger partial charge in [0.05, 0.1) is 38.3 Å². The topological polar surface area (TPSA) is 87.8 Å². The van der Waals surface area contributed by atoms with Crippen LogP contribution in [0.2, 0.25) is 0 Å². The first kappa shape index (κ1) is 17.7. The second-order valence-electron chi connectivity index (χ2n) is 5.61. The Balaban J connectivity index is 2.26. The zero-order valence-corrected chi connectivity index (χ0v) is 15.4. The van der Waals surface area contributed by atoms with Gasteiger partial charge in [-0.1, -0.05) is 13.0 Å². The van der Waals surface area contributed by atoms with Gasteiger partial charge in [-0.15, -0.1) is 10.2 Å². The molecular formula is C18H20N4O4. The molecule has 0 amide bonds. The molecule has 8 heteroatoms. The van der Waals surface area contributed by atoms with Gasteiger partial charge in [-0.3, -0.25) is 0 Å². The van der Waals surface area contributed by atoms with Crippen LogP contribution < -0.4 is 9.47 Å². The molecule has 0 N–H and O–H groups in total. The Morgan fingerprint density at radius 3 is 2.46 bits per heavy atom. The van der Waals surface area contributed by atoms with E-state index in [9.17, 15) is 4.79 Å². The van der Waals surface area contributed by atoms with Gasteiger partial charge in [-0.05, 0) is 31.0 Å². The fourth-order valence-electron chi connectivity index (χ4n) is 2.87. The van der Waals surface area contributed by atoms with Gasteiger partial charge < -0.3 is 14.2 Å². The Bertz CT molecular complexity index is 981. The summed E-state index contributed by atoms with van der Waals surface area (Å²) in [5, 5.41) is 12.9. The summed E-state index contributed by atoms with van der Waals surface area (Å²) in [6, 6.07) is 5.63. The molecule has 8 nitrogen and oxygen atoms in total. The van der Waals surface area contributed by atoms with Crippen LogP contribution in [-0.4, -0.2) is 47.1 Å². The maximum atomic E-state index is 11.9. The Morgan fingerprint density at radius 1 is 1.12 bits per heavy atom. The van der Waals surface area contributed by atoms with Crippen molar-refractivity contribution in [1.29, 1.82) is 0 Å². The molecule has 0 spiro atoms. The lowest BCUT2D eigenvalue weighted by atomic mass is 10.0. The highest BCUT2D eigenvalue weighted by molar-refractivity contribution is 5.89. The van der Waals surface area contributed by atoms with Crippen molar-refractivity contribution in [2.45, 2.75) is 20.3 Å². The van der Waals surface area contributed by atoms with Crippen molar-refractivity contribution in [1.82, 2.24) is 19.8 Å². The minimum Gasteiger partial charge on any atom is -0.493 e. The number of aromatic nitrogens is 4. The Kier molecular flexibility index (Phi) is 4.75. The van der Waals surface area contributed by atoms with Crippen molar-refractivity contribution >= 4 is 11.6 Å². The summed E-state index contributed by atoms with van der Waals surface area (Å²) in [4.78, 5) is 11.9. The molecule has 0 fully saturated rings. The first-order valence-corrected chi connectivity index (χ1v) is 8.11. The number of hydrogen-bond donors (Lipinski definition) is 0. The summed E-state index contributed by atoms with van der Waals surface area (Å²) >= 11 is 0. The van der Waals surface area contributed by atoms with Crippen molar-refractivity contribution in [3.05, 3.63) is 35.3 Å². The van der Waals surface area contributed by atoms with Crippen molar-refractivity contribution in [2.75, 3.05) is 21.3 Å². The fourth-order valence-corrected chi connectivity index (χ4v) is 2.87. The first-order chi connectivity index (χ1) is 12.5. The van der Waals surface area contributed by atoms with E-state index in [0.29, 0.717) is 29.3 Å². The number of carbonyl (C=O) groups excluding carboxylic acids is 1. The summed E-state index contributed by atoms with van der Waals surface area (Å²) in [6.07, 6.45) is 0.694. The average molecular weight is 356 g/mol. The van der Waals surface area contributed by atoms with Crippen LogP contribution in [0.1, 0.15) is 28.8 Å². The molecule has 1 aromatic carbocycles. The van der Waals surface area contributed by atoms with E-state index in [1.54, 1.807) is 25.7 Å². The number of benzene rings is 1. The SMILES string of the molecule is CCc1nn2c(C)c(C(=O)OC)nnc2c1-c1ccc(OC)c(OC)c1. The molecule has 0 atom stereocenters. The van der Waals surface area contributed by atoms with E-state index in [2.05, 4.69) is 15.3 Å². The number of nitrogens with zero attached hydrogens (tertiary/aromatic N) is 4. The first-order valence-electron chi connectivity index (χ1n) is 8.11. The van der Waals surface area contributed by atoms with Gasteiger partial charge >= 0.3 is 5.97 Å². The lowest BCUT2D eigenvalue weighted by Gasteiger charge is -2.10. The molecule has 3 rings (SSSR count). The van der Waals surface area contributed by atoms with Crippen LogP contribution in [0, 0.1) is 6.92 Å². The van der Waals surface area contributed by atoms with Gasteiger partial charge in [0.25, 0.3) is 0 Å². The number of methoxy groups -OCH3 is 3. The van der Waals surface area contributed by atoms with Gasteiger partial charge in [0.2, 0.25) is 0 Å². The second-order valence-corrected chi connectivity index (χ2v) is 5.61. The van der Waals surface area contributed by atoms with Crippen LogP contribution in [0.15, 0.2) is 18.2 Å². The summed E-state index contributed by atoms with van der Waals surface area (Å²) in [5.41, 5.74) is 3.86. The third kappa shape index (κ3) is 2.73. The van der Waals surface area contributed by atoms with Crippen molar-refractivity contribution in [3.63, 3.8) is 0 Å². The Labute approximate surface area is 150 Å².